The van der Waals surface area contributed by atoms with Crippen LogP contribution >= 0.6 is 34.5 Å². The van der Waals surface area contributed by atoms with E-state index in [1.54, 1.807) is 30.3 Å². The lowest BCUT2D eigenvalue weighted by Gasteiger charge is -2.25. The summed E-state index contributed by atoms with van der Waals surface area (Å²) in [5.41, 5.74) is 0.0978. The molecule has 3 aliphatic rings. The highest BCUT2D eigenvalue weighted by Crippen LogP contribution is 2.29. The summed E-state index contributed by atoms with van der Waals surface area (Å²) in [6, 6.07) is 8.58. The van der Waals surface area contributed by atoms with Crippen LogP contribution in [0.15, 0.2) is 39.5 Å². The molecule has 0 aliphatic carbocycles. The minimum Gasteiger partial charge on any atom is -0.457 e. The van der Waals surface area contributed by atoms with Gasteiger partial charge in [0.25, 0.3) is 5.56 Å². The second-order valence-corrected chi connectivity index (χ2v) is 9.70. The van der Waals surface area contributed by atoms with Crippen LogP contribution in [-0.2, 0) is 4.79 Å². The van der Waals surface area contributed by atoms with Crippen molar-refractivity contribution >= 4 is 52.6 Å². The molecule has 0 spiro atoms. The van der Waals surface area contributed by atoms with Gasteiger partial charge in [-0.05, 0) is 55.7 Å². The Bertz CT molecular complexity index is 1590. The third-order valence-corrected chi connectivity index (χ3v) is 7.19. The maximum Gasteiger partial charge on any atom is 0.283 e. The van der Waals surface area contributed by atoms with Crippen molar-refractivity contribution in [2.75, 3.05) is 13.1 Å². The van der Waals surface area contributed by atoms with E-state index in [9.17, 15) is 9.59 Å². The number of nitrogens with zero attached hydrogens (tertiary/aromatic N) is 3. The maximum atomic E-state index is 12.7. The number of aromatic nitrogens is 3. The average molecular weight is 516 g/mol. The van der Waals surface area contributed by atoms with E-state index in [4.69, 9.17) is 33.0 Å². The first-order valence-corrected chi connectivity index (χ1v) is 12.2. The van der Waals surface area contributed by atoms with Crippen LogP contribution in [0.25, 0.3) is 28.6 Å². The fourth-order valence-corrected chi connectivity index (χ4v) is 4.95. The van der Waals surface area contributed by atoms with E-state index >= 15 is 0 Å². The third-order valence-electron chi connectivity index (χ3n) is 5.56. The third kappa shape index (κ3) is 4.46. The number of nitrogens with one attached hydrogen (secondary N) is 2. The summed E-state index contributed by atoms with van der Waals surface area (Å²) in [5, 5.41) is 12.7. The Labute approximate surface area is 207 Å². The second-order valence-electron chi connectivity index (χ2n) is 7.88. The highest BCUT2D eigenvalue weighted by molar-refractivity contribution is 7.11. The molecule has 3 aliphatic heterocycles. The maximum absolute atomic E-state index is 12.7. The molecule has 1 aromatic carbocycles. The number of piperidine rings is 1. The first-order chi connectivity index (χ1) is 16.4. The van der Waals surface area contributed by atoms with E-state index in [1.807, 2.05) is 4.90 Å². The number of halogens is 2. The number of rotatable bonds is 3. The molecule has 8 nitrogen and oxygen atoms in total. The van der Waals surface area contributed by atoms with Crippen LogP contribution in [0.4, 0.5) is 0 Å². The fourth-order valence-electron chi connectivity index (χ4n) is 3.80. The van der Waals surface area contributed by atoms with Crippen LogP contribution in [-0.4, -0.2) is 38.7 Å². The highest BCUT2D eigenvalue weighted by Gasteiger charge is 2.16. The van der Waals surface area contributed by atoms with Crippen molar-refractivity contribution in [3.63, 3.8) is 0 Å². The smallest absolute Gasteiger partial charge is 0.283 e. The summed E-state index contributed by atoms with van der Waals surface area (Å²) in [6.07, 6.45) is 6.10. The van der Waals surface area contributed by atoms with E-state index in [1.165, 1.54) is 16.8 Å². The predicted octanol–water partition coefficient (Wildman–Crippen LogP) is 2.73. The molecular formula is C23H19Cl2N5O3S. The minimum absolute atomic E-state index is 0.0653. The van der Waals surface area contributed by atoms with Crippen LogP contribution in [0.2, 0.25) is 10.0 Å². The molecule has 1 aromatic heterocycles. The number of benzene rings is 1. The van der Waals surface area contributed by atoms with Gasteiger partial charge in [0, 0.05) is 24.7 Å². The summed E-state index contributed by atoms with van der Waals surface area (Å²) in [6.45, 7) is 1.49. The average Bonchev–Trinajstić information content (AvgIpc) is 3.46. The van der Waals surface area contributed by atoms with Crippen LogP contribution in [0, 0.1) is 5.41 Å². The van der Waals surface area contributed by atoms with E-state index in [0.717, 1.165) is 49.3 Å². The van der Waals surface area contributed by atoms with Crippen molar-refractivity contribution in [2.24, 2.45) is 0 Å². The molecule has 0 unspecified atom stereocenters. The number of hydrogen-bond acceptors (Lipinski definition) is 6. The molecule has 2 aromatic rings. The van der Waals surface area contributed by atoms with Gasteiger partial charge in [0.2, 0.25) is 11.0 Å². The Morgan fingerprint density at radius 2 is 1.94 bits per heavy atom. The molecule has 0 bridgehead atoms. The zero-order valence-corrected chi connectivity index (χ0v) is 20.1. The number of amides is 1. The topological polar surface area (TPSA) is 108 Å². The molecule has 5 rings (SSSR count). The number of fused-ring (bicyclic) bond motifs is 1. The van der Waals surface area contributed by atoms with E-state index in [0.29, 0.717) is 31.4 Å². The summed E-state index contributed by atoms with van der Waals surface area (Å²) in [7, 11) is 0. The van der Waals surface area contributed by atoms with Crippen LogP contribution in [0.5, 0.6) is 0 Å². The number of likely N-dealkylation sites (tertiary alicyclic amines) is 1. The number of aromatic amines is 1. The van der Waals surface area contributed by atoms with Crippen molar-refractivity contribution in [2.45, 2.75) is 19.3 Å². The molecule has 34 heavy (non-hydrogen) atoms. The van der Waals surface area contributed by atoms with Gasteiger partial charge in [0.05, 0.1) is 15.3 Å². The van der Waals surface area contributed by atoms with Crippen molar-refractivity contribution < 1.29 is 9.21 Å². The fraction of sp³-hybridized carbons (Fsp3) is 0.217. The first kappa shape index (κ1) is 22.6. The monoisotopic (exact) mass is 515 g/mol. The number of carbonyl (C=O) groups is 1. The Morgan fingerprint density at radius 3 is 2.71 bits per heavy atom. The number of carbonyl (C=O) groups excluding carboxylic acids is 1. The Balaban J connectivity index is 1.52. The van der Waals surface area contributed by atoms with E-state index in [-0.39, 0.29) is 16.6 Å². The van der Waals surface area contributed by atoms with Gasteiger partial charge in [-0.15, -0.1) is 0 Å². The second kappa shape index (κ2) is 9.25. The molecule has 4 heterocycles. The number of furan rings is 1. The van der Waals surface area contributed by atoms with Gasteiger partial charge in [-0.1, -0.05) is 34.5 Å². The van der Waals surface area contributed by atoms with Gasteiger partial charge in [0.15, 0.2) is 5.49 Å². The summed E-state index contributed by atoms with van der Waals surface area (Å²) >= 11 is 13.2. The van der Waals surface area contributed by atoms with E-state index < -0.39 is 5.56 Å². The largest absolute Gasteiger partial charge is 0.457 e. The molecule has 1 fully saturated rings. The van der Waals surface area contributed by atoms with Crippen molar-refractivity contribution in [1.82, 2.24) is 19.7 Å². The SMILES string of the molecule is N=c1/c(=C\c2ccc(-c3ccc(Cl)c(Cl)c3)o2)c(=O)nc2s/c(=C/C(=O)N3CCCCC3)[nH]n1-2. The lowest BCUT2D eigenvalue weighted by atomic mass is 10.1. The normalized spacial score (nSPS) is 15.4. The molecule has 0 radical (unpaired) electrons. The molecule has 1 saturated heterocycles. The van der Waals surface area contributed by atoms with Crippen LogP contribution in [0.1, 0.15) is 25.0 Å². The lowest BCUT2D eigenvalue weighted by molar-refractivity contribution is -0.125. The van der Waals surface area contributed by atoms with Crippen molar-refractivity contribution in [3.8, 4) is 16.5 Å². The van der Waals surface area contributed by atoms with Crippen molar-refractivity contribution in [1.29, 1.82) is 5.41 Å². The Morgan fingerprint density at radius 1 is 1.15 bits per heavy atom. The Kier molecular flexibility index (Phi) is 6.16. The predicted molar refractivity (Wildman–Crippen MR) is 131 cm³/mol. The molecule has 2 N–H and O–H groups in total. The van der Waals surface area contributed by atoms with Gasteiger partial charge in [-0.2, -0.15) is 4.98 Å². The van der Waals surface area contributed by atoms with Gasteiger partial charge < -0.3 is 9.32 Å². The van der Waals surface area contributed by atoms with E-state index in [2.05, 4.69) is 10.1 Å². The summed E-state index contributed by atoms with van der Waals surface area (Å²) in [4.78, 5) is 31.1. The highest BCUT2D eigenvalue weighted by atomic mass is 35.5. The molecular weight excluding hydrogens is 497 g/mol. The van der Waals surface area contributed by atoms with Gasteiger partial charge >= 0.3 is 0 Å². The molecule has 174 valence electrons. The molecule has 0 atom stereocenters. The minimum atomic E-state index is -0.554. The number of H-pyrrole nitrogens is 1. The zero-order chi connectivity index (χ0) is 23.8. The Hall–Kier alpha value is -3.14. The molecule has 0 saturated carbocycles. The molecule has 11 heteroatoms. The zero-order valence-electron chi connectivity index (χ0n) is 17.8. The molecule has 1 amide bonds. The summed E-state index contributed by atoms with van der Waals surface area (Å²) < 4.78 is 7.74. The van der Waals surface area contributed by atoms with Gasteiger partial charge in [-0.25, -0.2) is 4.68 Å². The van der Waals surface area contributed by atoms with Crippen molar-refractivity contribution in [3.05, 3.63) is 71.9 Å². The standard InChI is InChI=1S/C23H19Cl2N5O3S/c24-16-6-4-13(10-17(16)25)18-7-5-14(33-18)11-15-21(26)30-23(27-22(15)32)34-19(28-30)12-20(31)29-8-2-1-3-9-29/h4-7,10-12,26,28H,1-3,8-9H2/b15-11+,19-12+,26-21?. The first-order valence-electron chi connectivity index (χ1n) is 10.6. The number of hydrogen-bond donors (Lipinski definition) is 2. The lowest BCUT2D eigenvalue weighted by Crippen LogP contribution is -2.47. The van der Waals surface area contributed by atoms with Crippen LogP contribution in [0.3, 0.4) is 0 Å². The quantitative estimate of drug-likeness (QED) is 0.437. The summed E-state index contributed by atoms with van der Waals surface area (Å²) in [5.74, 6) is 0.839. The van der Waals surface area contributed by atoms with Crippen LogP contribution < -0.4 is 20.9 Å². The van der Waals surface area contributed by atoms with Gasteiger partial charge in [0.1, 0.15) is 16.2 Å². The van der Waals surface area contributed by atoms with Gasteiger partial charge in [-0.3, -0.25) is 20.1 Å².